The Morgan fingerprint density at radius 2 is 2.38 bits per heavy atom. The molecule has 72 valence electrons. The molecule has 1 heterocycles. The summed E-state index contributed by atoms with van der Waals surface area (Å²) in [6.07, 6.45) is 3.22. The molecule has 1 aromatic heterocycles. The standard InChI is InChI=1S/C8H13N3O2/c1-8(2,5(9)6(12)13)7-10-3-4-11-7/h3-5H,9H2,1-2H3,(H,10,11)(H,12,13). The number of rotatable bonds is 3. The van der Waals surface area contributed by atoms with Gasteiger partial charge in [-0.3, -0.25) is 4.79 Å². The highest BCUT2D eigenvalue weighted by Crippen LogP contribution is 2.22. The van der Waals surface area contributed by atoms with E-state index in [2.05, 4.69) is 9.97 Å². The molecule has 0 aromatic carbocycles. The fourth-order valence-corrected chi connectivity index (χ4v) is 1.07. The van der Waals surface area contributed by atoms with E-state index in [0.29, 0.717) is 5.82 Å². The quantitative estimate of drug-likeness (QED) is 0.619. The largest absolute Gasteiger partial charge is 0.480 e. The Bertz CT molecular complexity index is 292. The van der Waals surface area contributed by atoms with Gasteiger partial charge in [-0.2, -0.15) is 0 Å². The Hall–Kier alpha value is -1.36. The van der Waals surface area contributed by atoms with E-state index in [1.807, 2.05) is 0 Å². The number of nitrogens with two attached hydrogens (primary N) is 1. The van der Waals surface area contributed by atoms with Gasteiger partial charge in [0, 0.05) is 17.8 Å². The molecule has 4 N–H and O–H groups in total. The van der Waals surface area contributed by atoms with Crippen LogP contribution in [-0.2, 0) is 10.2 Å². The van der Waals surface area contributed by atoms with Gasteiger partial charge in [-0.1, -0.05) is 13.8 Å². The average Bonchev–Trinajstić information content (AvgIpc) is 2.54. The predicted octanol–water partition coefficient (Wildman–Crippen LogP) is 0.0992. The van der Waals surface area contributed by atoms with Crippen LogP contribution in [0.2, 0.25) is 0 Å². The van der Waals surface area contributed by atoms with Crippen molar-refractivity contribution in [2.75, 3.05) is 0 Å². The molecule has 1 rings (SSSR count). The van der Waals surface area contributed by atoms with Gasteiger partial charge in [0.15, 0.2) is 0 Å². The third-order valence-electron chi connectivity index (χ3n) is 2.15. The van der Waals surface area contributed by atoms with Crippen LogP contribution in [-0.4, -0.2) is 27.1 Å². The van der Waals surface area contributed by atoms with Gasteiger partial charge < -0.3 is 15.8 Å². The second-order valence-electron chi connectivity index (χ2n) is 3.48. The lowest BCUT2D eigenvalue weighted by Gasteiger charge is -2.26. The number of aliphatic carboxylic acids is 1. The highest BCUT2D eigenvalue weighted by molar-refractivity contribution is 5.75. The van der Waals surface area contributed by atoms with Crippen molar-refractivity contribution in [3.8, 4) is 0 Å². The number of hydrogen-bond acceptors (Lipinski definition) is 3. The summed E-state index contributed by atoms with van der Waals surface area (Å²) in [7, 11) is 0. The second-order valence-corrected chi connectivity index (χ2v) is 3.48. The Morgan fingerprint density at radius 1 is 1.77 bits per heavy atom. The molecule has 0 saturated heterocycles. The zero-order valence-electron chi connectivity index (χ0n) is 7.61. The average molecular weight is 183 g/mol. The van der Waals surface area contributed by atoms with Crippen molar-refractivity contribution in [2.45, 2.75) is 25.3 Å². The van der Waals surface area contributed by atoms with E-state index in [-0.39, 0.29) is 0 Å². The van der Waals surface area contributed by atoms with Crippen molar-refractivity contribution in [3.05, 3.63) is 18.2 Å². The first-order chi connectivity index (χ1) is 5.96. The predicted molar refractivity (Wildman–Crippen MR) is 47.2 cm³/mol. The minimum atomic E-state index is -1.03. The number of hydrogen-bond donors (Lipinski definition) is 3. The van der Waals surface area contributed by atoms with Gasteiger partial charge >= 0.3 is 5.97 Å². The highest BCUT2D eigenvalue weighted by atomic mass is 16.4. The fourth-order valence-electron chi connectivity index (χ4n) is 1.07. The van der Waals surface area contributed by atoms with E-state index in [4.69, 9.17) is 10.8 Å². The summed E-state index contributed by atoms with van der Waals surface area (Å²) in [6, 6.07) is -0.960. The van der Waals surface area contributed by atoms with Crippen molar-refractivity contribution < 1.29 is 9.90 Å². The van der Waals surface area contributed by atoms with Crippen LogP contribution in [0.4, 0.5) is 0 Å². The zero-order chi connectivity index (χ0) is 10.1. The Kier molecular flexibility index (Phi) is 2.38. The molecule has 0 aliphatic carbocycles. The van der Waals surface area contributed by atoms with Gasteiger partial charge in [0.25, 0.3) is 0 Å². The smallest absolute Gasteiger partial charge is 0.321 e. The monoisotopic (exact) mass is 183 g/mol. The van der Waals surface area contributed by atoms with Crippen LogP contribution >= 0.6 is 0 Å². The number of aromatic nitrogens is 2. The first kappa shape index (κ1) is 9.73. The summed E-state index contributed by atoms with van der Waals surface area (Å²) in [6.45, 7) is 3.48. The summed E-state index contributed by atoms with van der Waals surface area (Å²) in [5.74, 6) is -0.441. The van der Waals surface area contributed by atoms with Gasteiger partial charge in [0.1, 0.15) is 11.9 Å². The molecule has 0 bridgehead atoms. The SMILES string of the molecule is CC(C)(c1ncc[nH]1)C(N)C(=O)O. The number of carboxylic acids is 1. The summed E-state index contributed by atoms with van der Waals surface area (Å²) < 4.78 is 0. The Morgan fingerprint density at radius 3 is 2.77 bits per heavy atom. The minimum absolute atomic E-state index is 0.586. The van der Waals surface area contributed by atoms with E-state index in [0.717, 1.165) is 0 Å². The van der Waals surface area contributed by atoms with Gasteiger partial charge in [-0.05, 0) is 0 Å². The molecule has 5 heteroatoms. The molecule has 0 radical (unpaired) electrons. The van der Waals surface area contributed by atoms with Gasteiger partial charge in [0.2, 0.25) is 0 Å². The molecule has 0 spiro atoms. The van der Waals surface area contributed by atoms with Crippen LogP contribution < -0.4 is 5.73 Å². The molecule has 0 fully saturated rings. The first-order valence-electron chi connectivity index (χ1n) is 3.94. The molecule has 1 aromatic rings. The van der Waals surface area contributed by atoms with Crippen molar-refractivity contribution in [1.82, 2.24) is 9.97 Å². The number of nitrogens with one attached hydrogen (secondary N) is 1. The number of aromatic amines is 1. The zero-order valence-corrected chi connectivity index (χ0v) is 7.61. The van der Waals surface area contributed by atoms with Crippen LogP contribution in [0, 0.1) is 0 Å². The molecule has 1 atom stereocenters. The van der Waals surface area contributed by atoms with E-state index >= 15 is 0 Å². The normalized spacial score (nSPS) is 14.1. The minimum Gasteiger partial charge on any atom is -0.480 e. The molecule has 13 heavy (non-hydrogen) atoms. The highest BCUT2D eigenvalue weighted by Gasteiger charge is 2.35. The molecule has 0 aliphatic heterocycles. The van der Waals surface area contributed by atoms with E-state index < -0.39 is 17.4 Å². The number of imidazole rings is 1. The number of H-pyrrole nitrogens is 1. The van der Waals surface area contributed by atoms with E-state index in [1.54, 1.807) is 26.2 Å². The topological polar surface area (TPSA) is 92.0 Å². The van der Waals surface area contributed by atoms with Gasteiger partial charge in [-0.15, -0.1) is 0 Å². The van der Waals surface area contributed by atoms with Crippen molar-refractivity contribution >= 4 is 5.97 Å². The van der Waals surface area contributed by atoms with Crippen molar-refractivity contribution in [3.63, 3.8) is 0 Å². The van der Waals surface area contributed by atoms with E-state index in [9.17, 15) is 4.79 Å². The Labute approximate surface area is 76.0 Å². The summed E-state index contributed by atoms with van der Waals surface area (Å²) in [5.41, 5.74) is 4.84. The van der Waals surface area contributed by atoms with Crippen LogP contribution in [0.15, 0.2) is 12.4 Å². The molecule has 0 aliphatic rings. The number of carboxylic acid groups (broad SMARTS) is 1. The third-order valence-corrected chi connectivity index (χ3v) is 2.15. The summed E-state index contributed by atoms with van der Waals surface area (Å²) in [5, 5.41) is 8.75. The lowest BCUT2D eigenvalue weighted by molar-refractivity contribution is -0.140. The summed E-state index contributed by atoms with van der Waals surface area (Å²) >= 11 is 0. The van der Waals surface area contributed by atoms with Crippen molar-refractivity contribution in [1.29, 1.82) is 0 Å². The van der Waals surface area contributed by atoms with Crippen molar-refractivity contribution in [2.24, 2.45) is 5.73 Å². The van der Waals surface area contributed by atoms with Crippen LogP contribution in [0.3, 0.4) is 0 Å². The molecule has 0 amide bonds. The van der Waals surface area contributed by atoms with Gasteiger partial charge in [-0.25, -0.2) is 4.98 Å². The summed E-state index contributed by atoms with van der Waals surface area (Å²) in [4.78, 5) is 17.5. The molecule has 1 unspecified atom stereocenters. The second kappa shape index (κ2) is 3.18. The maximum atomic E-state index is 10.7. The van der Waals surface area contributed by atoms with E-state index in [1.165, 1.54) is 0 Å². The number of carbonyl (C=O) groups is 1. The first-order valence-corrected chi connectivity index (χ1v) is 3.94. The maximum absolute atomic E-state index is 10.7. The molecule has 5 nitrogen and oxygen atoms in total. The Balaban J connectivity index is 2.95. The molecule has 0 saturated carbocycles. The lowest BCUT2D eigenvalue weighted by atomic mass is 9.84. The molecular formula is C8H13N3O2. The van der Waals surface area contributed by atoms with Gasteiger partial charge in [0.05, 0.1) is 0 Å². The van der Waals surface area contributed by atoms with Crippen LogP contribution in [0.1, 0.15) is 19.7 Å². The van der Waals surface area contributed by atoms with Crippen LogP contribution in [0.25, 0.3) is 0 Å². The number of nitrogens with zero attached hydrogens (tertiary/aromatic N) is 1. The maximum Gasteiger partial charge on any atom is 0.321 e. The molecular weight excluding hydrogens is 170 g/mol. The third kappa shape index (κ3) is 1.70. The lowest BCUT2D eigenvalue weighted by Crippen LogP contribution is -2.47. The van der Waals surface area contributed by atoms with Crippen LogP contribution in [0.5, 0.6) is 0 Å². The fraction of sp³-hybridized carbons (Fsp3) is 0.500.